The molecule has 0 radical (unpaired) electrons. The molecule has 6 aliphatic carbocycles. The number of carbonyl (C=O) groups is 2. The van der Waals surface area contributed by atoms with E-state index in [-0.39, 0.29) is 36.0 Å². The maximum Gasteiger partial charge on any atom is 0.227 e. The molecule has 2 N–H and O–H groups in total. The molecule has 4 saturated carbocycles. The van der Waals surface area contributed by atoms with Gasteiger partial charge in [0.05, 0.1) is 37.2 Å². The maximum atomic E-state index is 14.7. The molecular weight excluding hydrogens is 719 g/mol. The minimum Gasteiger partial charge on any atom is -0.493 e. The first kappa shape index (κ1) is 40.7. The van der Waals surface area contributed by atoms with E-state index in [1.807, 2.05) is 48.2 Å². The molecule has 3 aromatic rings. The van der Waals surface area contributed by atoms with Crippen molar-refractivity contribution in [3.05, 3.63) is 92.2 Å². The molecule has 0 aliphatic heterocycles. The Hall–Kier alpha value is -3.46. The molecule has 302 valence electrons. The SMILES string of the molecule is COc1ccc(CC(=O)N(C[C@@H]2CC[C@H]3C[C@@H]2C3(C)C)C[C@]2(O)CC[C@H]3c4ccc(cc4C(=O)c4ccc(C)s4)C[C@@H](O)CCC(C)=CCC[C@@]32C)cc1OC. The fraction of sp³-hybridized carbons (Fsp3) is 0.583. The number of rotatable bonds is 10. The number of nitrogens with zero attached hydrogens (tertiary/aromatic N) is 1. The second kappa shape index (κ2) is 16.1. The number of allylic oxidation sites excluding steroid dienone is 2. The number of thiophene rings is 1. The molecule has 8 heteroatoms. The molecule has 6 aliphatic rings. The highest BCUT2D eigenvalue weighted by atomic mass is 32.1. The van der Waals surface area contributed by atoms with Gasteiger partial charge in [0, 0.05) is 28.9 Å². The van der Waals surface area contributed by atoms with Gasteiger partial charge in [-0.25, -0.2) is 0 Å². The molecule has 0 saturated heterocycles. The highest BCUT2D eigenvalue weighted by molar-refractivity contribution is 7.14. The van der Waals surface area contributed by atoms with E-state index >= 15 is 0 Å². The molecule has 7 atom stereocenters. The number of fused-ring (bicyclic) bond motifs is 10. The van der Waals surface area contributed by atoms with E-state index in [1.54, 1.807) is 14.2 Å². The zero-order valence-corrected chi connectivity index (χ0v) is 35.5. The molecule has 7 nitrogen and oxygen atoms in total. The Morgan fingerprint density at radius 2 is 1.71 bits per heavy atom. The highest BCUT2D eigenvalue weighted by Gasteiger charge is 2.59. The van der Waals surface area contributed by atoms with Crippen molar-refractivity contribution in [1.29, 1.82) is 0 Å². The summed E-state index contributed by atoms with van der Waals surface area (Å²) in [5.41, 5.74) is 3.13. The maximum absolute atomic E-state index is 14.7. The highest BCUT2D eigenvalue weighted by Crippen LogP contribution is 2.62. The molecule has 1 aromatic heterocycles. The predicted molar refractivity (Wildman–Crippen MR) is 224 cm³/mol. The van der Waals surface area contributed by atoms with Crippen LogP contribution in [0.4, 0.5) is 0 Å². The lowest BCUT2D eigenvalue weighted by atomic mass is 9.45. The molecule has 1 heterocycles. The van der Waals surface area contributed by atoms with E-state index in [1.165, 1.54) is 29.8 Å². The third kappa shape index (κ3) is 7.75. The first-order valence-electron chi connectivity index (χ1n) is 20.9. The van der Waals surface area contributed by atoms with Gasteiger partial charge in [-0.15, -0.1) is 11.3 Å². The van der Waals surface area contributed by atoms with Gasteiger partial charge in [0.2, 0.25) is 11.7 Å². The van der Waals surface area contributed by atoms with Crippen molar-refractivity contribution in [2.75, 3.05) is 27.3 Å². The largest absolute Gasteiger partial charge is 0.493 e. The second-order valence-corrected chi connectivity index (χ2v) is 19.8. The Balaban J connectivity index is 1.27. The van der Waals surface area contributed by atoms with Crippen molar-refractivity contribution in [3.63, 3.8) is 0 Å². The molecule has 4 bridgehead atoms. The summed E-state index contributed by atoms with van der Waals surface area (Å²) in [5, 5.41) is 24.4. The molecule has 2 aromatic carbocycles. The van der Waals surface area contributed by atoms with Crippen molar-refractivity contribution >= 4 is 23.0 Å². The quantitative estimate of drug-likeness (QED) is 0.157. The van der Waals surface area contributed by atoms with Gasteiger partial charge in [0.15, 0.2) is 11.5 Å². The summed E-state index contributed by atoms with van der Waals surface area (Å²) < 4.78 is 11.1. The van der Waals surface area contributed by atoms with Crippen molar-refractivity contribution in [1.82, 2.24) is 4.90 Å². The van der Waals surface area contributed by atoms with Crippen LogP contribution in [0.2, 0.25) is 0 Å². The zero-order chi connectivity index (χ0) is 40.0. The van der Waals surface area contributed by atoms with Gasteiger partial charge in [-0.1, -0.05) is 50.6 Å². The molecule has 4 fully saturated rings. The van der Waals surface area contributed by atoms with Crippen LogP contribution in [0.15, 0.2) is 60.2 Å². The Morgan fingerprint density at radius 3 is 2.41 bits per heavy atom. The van der Waals surface area contributed by atoms with Crippen LogP contribution in [0.5, 0.6) is 11.5 Å². The van der Waals surface area contributed by atoms with Crippen LogP contribution in [-0.4, -0.2) is 65.8 Å². The summed E-state index contributed by atoms with van der Waals surface area (Å²) in [7, 11) is 3.22. The van der Waals surface area contributed by atoms with E-state index in [4.69, 9.17) is 9.47 Å². The van der Waals surface area contributed by atoms with Gasteiger partial charge in [-0.2, -0.15) is 0 Å². The van der Waals surface area contributed by atoms with Gasteiger partial charge in [-0.05, 0) is 154 Å². The Bertz CT molecular complexity index is 1960. The fourth-order valence-corrected chi connectivity index (χ4v) is 12.0. The normalized spacial score (nSPS) is 29.7. The van der Waals surface area contributed by atoms with E-state index in [9.17, 15) is 19.8 Å². The Morgan fingerprint density at radius 1 is 0.929 bits per heavy atom. The van der Waals surface area contributed by atoms with Gasteiger partial charge < -0.3 is 24.6 Å². The molecule has 56 heavy (non-hydrogen) atoms. The van der Waals surface area contributed by atoms with Crippen LogP contribution in [0.3, 0.4) is 0 Å². The summed E-state index contributed by atoms with van der Waals surface area (Å²) in [6, 6.07) is 15.8. The number of hydrogen-bond donors (Lipinski definition) is 2. The predicted octanol–water partition coefficient (Wildman–Crippen LogP) is 9.49. The number of hydrogen-bond acceptors (Lipinski definition) is 7. The van der Waals surface area contributed by atoms with Crippen molar-refractivity contribution in [2.24, 2.45) is 28.6 Å². The minimum absolute atomic E-state index is 0.000467. The minimum atomic E-state index is -1.19. The third-order valence-electron chi connectivity index (χ3n) is 14.9. The second-order valence-electron chi connectivity index (χ2n) is 18.5. The molecular formula is C48H63NO6S. The van der Waals surface area contributed by atoms with Gasteiger partial charge in [0.25, 0.3) is 0 Å². The van der Waals surface area contributed by atoms with Crippen LogP contribution in [0, 0.1) is 35.5 Å². The number of aliphatic hydroxyl groups excluding tert-OH is 1. The van der Waals surface area contributed by atoms with E-state index in [0.717, 1.165) is 46.7 Å². The van der Waals surface area contributed by atoms with Gasteiger partial charge in [0.1, 0.15) is 0 Å². The summed E-state index contributed by atoms with van der Waals surface area (Å²) in [6.07, 6.45) is 10.1. The standard InChI is InChI=1S/C48H63NO6S/c1-30-9-8-21-47(5)39(37-17-12-32(23-36(50)16-10-30)24-38(37)45(52)43-19-11-31(2)56-43)20-22-48(47,53)29-49(28-34-14-15-35-27-40(34)46(35,3)4)44(51)26-33-13-18-41(54-6)42(25-33)55-7/h9,11-13,17-19,24-25,34-36,39-40,50,53H,8,10,14-16,20-23,26-29H2,1-7H3/t34-,35-,36-,39-,40-,47-,48+/m0/s1. The lowest BCUT2D eigenvalue weighted by molar-refractivity contribution is -0.149. The Labute approximate surface area is 338 Å². The summed E-state index contributed by atoms with van der Waals surface area (Å²) in [4.78, 5) is 33.0. The summed E-state index contributed by atoms with van der Waals surface area (Å²) in [6.45, 7) is 12.1. The topological polar surface area (TPSA) is 96.3 Å². The number of aliphatic hydroxyl groups is 2. The molecule has 0 spiro atoms. The number of carbonyl (C=O) groups excluding carboxylic acids is 2. The van der Waals surface area contributed by atoms with Crippen molar-refractivity contribution < 1.29 is 29.3 Å². The third-order valence-corrected chi connectivity index (χ3v) is 15.9. The number of amides is 1. The number of ketones is 1. The average molecular weight is 782 g/mol. The molecule has 0 unspecified atom stereocenters. The van der Waals surface area contributed by atoms with Crippen LogP contribution in [-0.2, 0) is 17.6 Å². The van der Waals surface area contributed by atoms with E-state index < -0.39 is 17.1 Å². The smallest absolute Gasteiger partial charge is 0.227 e. The van der Waals surface area contributed by atoms with Gasteiger partial charge in [-0.3, -0.25) is 9.59 Å². The number of ether oxygens (including phenoxy) is 2. The van der Waals surface area contributed by atoms with Crippen molar-refractivity contribution in [3.8, 4) is 11.5 Å². The van der Waals surface area contributed by atoms with Crippen LogP contribution in [0.25, 0.3) is 0 Å². The number of aryl methyl sites for hydroxylation is 1. The van der Waals surface area contributed by atoms with E-state index in [0.29, 0.717) is 72.4 Å². The molecule has 9 rings (SSSR count). The molecule has 1 amide bonds. The number of methoxy groups -OCH3 is 2. The van der Waals surface area contributed by atoms with Crippen LogP contribution >= 0.6 is 11.3 Å². The van der Waals surface area contributed by atoms with E-state index in [2.05, 4.69) is 45.9 Å². The van der Waals surface area contributed by atoms with Crippen molar-refractivity contribution in [2.45, 2.75) is 123 Å². The lowest BCUT2D eigenvalue weighted by Crippen LogP contribution is -2.58. The summed E-state index contributed by atoms with van der Waals surface area (Å²) in [5.74, 6) is 2.83. The first-order chi connectivity index (χ1) is 26.7. The zero-order valence-electron chi connectivity index (χ0n) is 34.7. The lowest BCUT2D eigenvalue weighted by Gasteiger charge is -2.61. The van der Waals surface area contributed by atoms with Crippen LogP contribution < -0.4 is 9.47 Å². The summed E-state index contributed by atoms with van der Waals surface area (Å²) >= 11 is 1.51. The number of benzene rings is 2. The van der Waals surface area contributed by atoms with Crippen LogP contribution in [0.1, 0.15) is 128 Å². The average Bonchev–Trinajstić information content (AvgIpc) is 3.72. The first-order valence-corrected chi connectivity index (χ1v) is 21.8. The Kier molecular flexibility index (Phi) is 11.7. The van der Waals surface area contributed by atoms with Gasteiger partial charge >= 0.3 is 0 Å². The fourth-order valence-electron chi connectivity index (χ4n) is 11.2. The monoisotopic (exact) mass is 781 g/mol.